The lowest BCUT2D eigenvalue weighted by Crippen LogP contribution is -2.51. The molecule has 0 radical (unpaired) electrons. The highest BCUT2D eigenvalue weighted by molar-refractivity contribution is 5.88. The Bertz CT molecular complexity index is 815. The molecule has 0 aromatic heterocycles. The van der Waals surface area contributed by atoms with Gasteiger partial charge in [0.2, 0.25) is 5.91 Å². The molecular weight excluding hydrogens is 360 g/mol. The van der Waals surface area contributed by atoms with Crippen molar-refractivity contribution in [2.45, 2.75) is 53.6 Å². The number of carboxylic acids is 1. The van der Waals surface area contributed by atoms with Crippen molar-refractivity contribution < 1.29 is 24.2 Å². The Labute approximate surface area is 165 Å². The van der Waals surface area contributed by atoms with Gasteiger partial charge < -0.3 is 9.84 Å². The number of amides is 2. The summed E-state index contributed by atoms with van der Waals surface area (Å²) in [5.74, 6) is -3.00. The standard InChI is InChI=1S/C21H28N2O5/c1-11-6-7-16(8-12(11)2)28-15(5)19(24)22-23-20(25)17-9-13(3)14(4)10-18(17)21(26)27/h6-8,15,17-18H,9-10H2,1-5H3,(H,22,24)(H,23,25)(H,26,27)/t15-,17-,18+/m0/s1. The number of hydrazine groups is 1. The minimum atomic E-state index is -1.01. The van der Waals surface area contributed by atoms with Gasteiger partial charge >= 0.3 is 5.97 Å². The van der Waals surface area contributed by atoms with Gasteiger partial charge in [0.05, 0.1) is 11.8 Å². The van der Waals surface area contributed by atoms with E-state index in [0.717, 1.165) is 22.3 Å². The summed E-state index contributed by atoms with van der Waals surface area (Å²) in [7, 11) is 0. The lowest BCUT2D eigenvalue weighted by Gasteiger charge is -2.29. The number of allylic oxidation sites excluding steroid dienone is 2. The fraction of sp³-hybridized carbons (Fsp3) is 0.476. The maximum absolute atomic E-state index is 12.5. The van der Waals surface area contributed by atoms with E-state index in [2.05, 4.69) is 10.9 Å². The largest absolute Gasteiger partial charge is 0.481 e. The molecule has 3 N–H and O–H groups in total. The van der Waals surface area contributed by atoms with Gasteiger partial charge in [-0.25, -0.2) is 0 Å². The van der Waals surface area contributed by atoms with Gasteiger partial charge in [0.1, 0.15) is 5.75 Å². The molecule has 1 aliphatic carbocycles. The summed E-state index contributed by atoms with van der Waals surface area (Å²) in [6.45, 7) is 9.29. The van der Waals surface area contributed by atoms with E-state index in [1.807, 2.05) is 39.8 Å². The van der Waals surface area contributed by atoms with Gasteiger partial charge in [-0.1, -0.05) is 17.2 Å². The van der Waals surface area contributed by atoms with Crippen LogP contribution in [0.5, 0.6) is 5.75 Å². The molecule has 1 aromatic rings. The number of hydrogen-bond acceptors (Lipinski definition) is 4. The van der Waals surface area contributed by atoms with Crippen LogP contribution in [0.15, 0.2) is 29.3 Å². The third-order valence-electron chi connectivity index (χ3n) is 5.39. The van der Waals surface area contributed by atoms with Crippen molar-refractivity contribution in [3.63, 3.8) is 0 Å². The van der Waals surface area contributed by atoms with Crippen molar-refractivity contribution in [3.8, 4) is 5.75 Å². The van der Waals surface area contributed by atoms with E-state index in [1.165, 1.54) is 0 Å². The first-order valence-corrected chi connectivity index (χ1v) is 9.31. The highest BCUT2D eigenvalue weighted by Gasteiger charge is 2.37. The molecule has 28 heavy (non-hydrogen) atoms. The number of aryl methyl sites for hydroxylation is 2. The van der Waals surface area contributed by atoms with Gasteiger partial charge in [0.25, 0.3) is 5.91 Å². The van der Waals surface area contributed by atoms with Crippen LogP contribution in [0.2, 0.25) is 0 Å². The number of nitrogens with one attached hydrogen (secondary N) is 2. The average Bonchev–Trinajstić information content (AvgIpc) is 2.64. The molecule has 7 heteroatoms. The average molecular weight is 388 g/mol. The van der Waals surface area contributed by atoms with Crippen molar-refractivity contribution in [2.75, 3.05) is 0 Å². The summed E-state index contributed by atoms with van der Waals surface area (Å²) in [6.07, 6.45) is -0.133. The van der Waals surface area contributed by atoms with E-state index in [4.69, 9.17) is 4.74 Å². The second kappa shape index (κ2) is 8.91. The predicted octanol–water partition coefficient (Wildman–Crippen LogP) is 2.67. The van der Waals surface area contributed by atoms with Crippen molar-refractivity contribution in [1.82, 2.24) is 10.9 Å². The van der Waals surface area contributed by atoms with E-state index in [1.54, 1.807) is 13.0 Å². The van der Waals surface area contributed by atoms with Gasteiger partial charge in [0.15, 0.2) is 6.10 Å². The summed E-state index contributed by atoms with van der Waals surface area (Å²) in [5, 5.41) is 9.42. The van der Waals surface area contributed by atoms with Crippen LogP contribution >= 0.6 is 0 Å². The maximum Gasteiger partial charge on any atom is 0.307 e. The van der Waals surface area contributed by atoms with Crippen LogP contribution < -0.4 is 15.6 Å². The van der Waals surface area contributed by atoms with Crippen molar-refractivity contribution in [1.29, 1.82) is 0 Å². The molecule has 0 heterocycles. The summed E-state index contributed by atoms with van der Waals surface area (Å²) < 4.78 is 5.62. The zero-order chi connectivity index (χ0) is 21.0. The van der Waals surface area contributed by atoms with E-state index in [9.17, 15) is 19.5 Å². The van der Waals surface area contributed by atoms with Gasteiger partial charge in [0, 0.05) is 0 Å². The SMILES string of the molecule is CC1=C(C)C[C@@H](C(=O)O)[C@@H](C(=O)NNC(=O)[C@H](C)Oc2ccc(C)c(C)c2)C1. The van der Waals surface area contributed by atoms with E-state index >= 15 is 0 Å². The fourth-order valence-electron chi connectivity index (χ4n) is 3.19. The smallest absolute Gasteiger partial charge is 0.307 e. The van der Waals surface area contributed by atoms with Crippen LogP contribution in [-0.4, -0.2) is 29.0 Å². The number of ether oxygens (including phenoxy) is 1. The summed E-state index contributed by atoms with van der Waals surface area (Å²) in [4.78, 5) is 36.2. The third-order valence-corrected chi connectivity index (χ3v) is 5.39. The lowest BCUT2D eigenvalue weighted by molar-refractivity contribution is -0.148. The van der Waals surface area contributed by atoms with Crippen LogP contribution in [0, 0.1) is 25.7 Å². The molecule has 0 bridgehead atoms. The number of carbonyl (C=O) groups is 3. The first-order valence-electron chi connectivity index (χ1n) is 9.31. The summed E-state index contributed by atoms with van der Waals surface area (Å²) in [5.41, 5.74) is 8.87. The predicted molar refractivity (Wildman–Crippen MR) is 105 cm³/mol. The molecule has 0 unspecified atom stereocenters. The van der Waals surface area contributed by atoms with E-state index < -0.39 is 35.7 Å². The van der Waals surface area contributed by atoms with Crippen LogP contribution in [0.4, 0.5) is 0 Å². The number of benzene rings is 1. The lowest BCUT2D eigenvalue weighted by atomic mass is 9.76. The molecular formula is C21H28N2O5. The monoisotopic (exact) mass is 388 g/mol. The normalized spacial score (nSPS) is 20.3. The molecule has 152 valence electrons. The van der Waals surface area contributed by atoms with Crippen LogP contribution in [0.25, 0.3) is 0 Å². The van der Waals surface area contributed by atoms with Crippen molar-refractivity contribution in [2.24, 2.45) is 11.8 Å². The summed E-state index contributed by atoms with van der Waals surface area (Å²) in [6, 6.07) is 5.53. The van der Waals surface area contributed by atoms with Gasteiger partial charge in [-0.2, -0.15) is 0 Å². The highest BCUT2D eigenvalue weighted by atomic mass is 16.5. The highest BCUT2D eigenvalue weighted by Crippen LogP contribution is 2.34. The second-order valence-electron chi connectivity index (χ2n) is 7.50. The Morgan fingerprint density at radius 3 is 2.18 bits per heavy atom. The first kappa shape index (κ1) is 21.5. The van der Waals surface area contributed by atoms with Crippen LogP contribution in [-0.2, 0) is 14.4 Å². The minimum absolute atomic E-state index is 0.333. The Kier molecular flexibility index (Phi) is 6.83. The molecule has 2 amide bonds. The molecule has 0 spiro atoms. The zero-order valence-electron chi connectivity index (χ0n) is 17.0. The number of hydrogen-bond donors (Lipinski definition) is 3. The maximum atomic E-state index is 12.5. The van der Waals surface area contributed by atoms with Gasteiger partial charge in [-0.15, -0.1) is 0 Å². The molecule has 1 aromatic carbocycles. The van der Waals surface area contributed by atoms with Crippen molar-refractivity contribution in [3.05, 3.63) is 40.5 Å². The van der Waals surface area contributed by atoms with Gasteiger partial charge in [-0.05, 0) is 70.7 Å². The quantitative estimate of drug-likeness (QED) is 0.531. The fourth-order valence-corrected chi connectivity index (χ4v) is 3.19. The molecule has 3 atom stereocenters. The number of carbonyl (C=O) groups excluding carboxylic acids is 2. The zero-order valence-corrected chi connectivity index (χ0v) is 17.0. The Morgan fingerprint density at radius 1 is 1.00 bits per heavy atom. The Morgan fingerprint density at radius 2 is 1.61 bits per heavy atom. The topological polar surface area (TPSA) is 105 Å². The number of aliphatic carboxylic acids is 1. The molecule has 7 nitrogen and oxygen atoms in total. The molecule has 0 fully saturated rings. The first-order chi connectivity index (χ1) is 13.1. The molecule has 0 saturated heterocycles. The molecule has 1 aliphatic rings. The van der Waals surface area contributed by atoms with Crippen molar-refractivity contribution >= 4 is 17.8 Å². The third kappa shape index (κ3) is 5.12. The molecule has 0 saturated carbocycles. The van der Waals surface area contributed by atoms with Crippen LogP contribution in [0.3, 0.4) is 0 Å². The molecule has 0 aliphatic heterocycles. The second-order valence-corrected chi connectivity index (χ2v) is 7.50. The summed E-state index contributed by atoms with van der Waals surface area (Å²) >= 11 is 0. The Hall–Kier alpha value is -2.83. The van der Waals surface area contributed by atoms with Crippen LogP contribution in [0.1, 0.15) is 44.7 Å². The number of rotatable bonds is 5. The van der Waals surface area contributed by atoms with Gasteiger partial charge in [-0.3, -0.25) is 25.2 Å². The molecule has 2 rings (SSSR count). The number of carboxylic acid groups (broad SMARTS) is 1. The van der Waals surface area contributed by atoms with E-state index in [0.29, 0.717) is 18.6 Å². The minimum Gasteiger partial charge on any atom is -0.481 e. The Balaban J connectivity index is 1.94. The van der Waals surface area contributed by atoms with E-state index in [-0.39, 0.29) is 0 Å².